The Morgan fingerprint density at radius 3 is 2.13 bits per heavy atom. The molecule has 0 spiro atoms. The molecule has 0 bridgehead atoms. The molecule has 0 amide bonds. The second kappa shape index (κ2) is 14.0. The summed E-state index contributed by atoms with van der Waals surface area (Å²) in [6, 6.07) is 22.3. The maximum atomic E-state index is 12.9. The average molecular weight is 655 g/mol. The first-order valence-electron chi connectivity index (χ1n) is 19.2. The van der Waals surface area contributed by atoms with E-state index in [1.165, 1.54) is 61.7 Å². The highest BCUT2D eigenvalue weighted by molar-refractivity contribution is 6.99. The number of allylic oxidation sites excluding steroid dienone is 1. The topological polar surface area (TPSA) is 35.5 Å². The third-order valence-corrected chi connectivity index (χ3v) is 18.6. The van der Waals surface area contributed by atoms with Crippen molar-refractivity contribution < 1.29 is 14.0 Å². The minimum absolute atomic E-state index is 0.00611. The first kappa shape index (κ1) is 34.7. The maximum Gasteiger partial charge on any atom is 0.306 e. The van der Waals surface area contributed by atoms with Crippen molar-refractivity contribution in [3.05, 3.63) is 72.3 Å². The molecule has 4 heteroatoms. The smallest absolute Gasteiger partial charge is 0.306 e. The molecule has 3 nitrogen and oxygen atoms in total. The van der Waals surface area contributed by atoms with Crippen LogP contribution in [0.1, 0.15) is 131 Å². The van der Waals surface area contributed by atoms with Gasteiger partial charge < -0.3 is 9.16 Å². The Morgan fingerprint density at radius 2 is 1.49 bits per heavy atom. The van der Waals surface area contributed by atoms with E-state index in [4.69, 9.17) is 9.16 Å². The van der Waals surface area contributed by atoms with E-state index in [2.05, 4.69) is 108 Å². The molecule has 0 aliphatic heterocycles. The van der Waals surface area contributed by atoms with Crippen LogP contribution < -0.4 is 10.4 Å². The molecule has 3 saturated carbocycles. The summed E-state index contributed by atoms with van der Waals surface area (Å²) < 4.78 is 14.0. The fraction of sp³-hybridized carbons (Fsp3) is 0.651. The number of carbonyl (C=O) groups is 1. The summed E-state index contributed by atoms with van der Waals surface area (Å²) in [6.45, 7) is 14.5. The molecule has 0 saturated heterocycles. The number of hydrogen-bond donors (Lipinski definition) is 0. The van der Waals surface area contributed by atoms with E-state index < -0.39 is 8.32 Å². The van der Waals surface area contributed by atoms with Crippen LogP contribution in [-0.2, 0) is 14.0 Å². The second-order valence-electron chi connectivity index (χ2n) is 17.2. The summed E-state index contributed by atoms with van der Waals surface area (Å²) in [4.78, 5) is 12.9. The van der Waals surface area contributed by atoms with Gasteiger partial charge in [0.25, 0.3) is 8.32 Å². The van der Waals surface area contributed by atoms with Crippen LogP contribution >= 0.6 is 0 Å². The lowest BCUT2D eigenvalue weighted by molar-refractivity contribution is -0.159. The first-order valence-corrected chi connectivity index (χ1v) is 21.1. The van der Waals surface area contributed by atoms with Gasteiger partial charge in [-0.1, -0.05) is 140 Å². The number of ether oxygens (including phenoxy) is 1. The van der Waals surface area contributed by atoms with Crippen LogP contribution in [0.15, 0.2) is 72.3 Å². The van der Waals surface area contributed by atoms with Crippen LogP contribution in [0.5, 0.6) is 0 Å². The Labute approximate surface area is 287 Å². The van der Waals surface area contributed by atoms with Gasteiger partial charge in [-0.2, -0.15) is 0 Å². The number of rotatable bonds is 11. The molecule has 3 fully saturated rings. The van der Waals surface area contributed by atoms with E-state index in [9.17, 15) is 4.79 Å². The van der Waals surface area contributed by atoms with Crippen molar-refractivity contribution in [3.8, 4) is 0 Å². The Morgan fingerprint density at radius 1 is 0.830 bits per heavy atom. The zero-order chi connectivity index (χ0) is 33.3. The van der Waals surface area contributed by atoms with Gasteiger partial charge in [-0.3, -0.25) is 4.79 Å². The summed E-state index contributed by atoms with van der Waals surface area (Å²) in [5.41, 5.74) is 2.05. The summed E-state index contributed by atoms with van der Waals surface area (Å²) in [6.07, 6.45) is 18.7. The standard InChI is InChI=1S/C43H62O3Si/c1-7-8-9-10-17-22-40(44)45-39-26-25-37-36-24-23-32-31-33(27-29-42(32,5)38(36)28-30-43(37,39)6)46-47(41(2,3)4,34-18-13-11-14-19-34)35-20-15-12-16-21-35/h11-16,18-21,23,33,36-39H,7-10,17,22,24-31H2,1-6H3/t33-,36-,37-,38-,39-,42-,43-/m0/s1. The highest BCUT2D eigenvalue weighted by Crippen LogP contribution is 2.65. The van der Waals surface area contributed by atoms with Crippen molar-refractivity contribution >= 4 is 24.7 Å². The van der Waals surface area contributed by atoms with E-state index in [-0.39, 0.29) is 34.0 Å². The molecular formula is C43H62O3Si. The van der Waals surface area contributed by atoms with Crippen molar-refractivity contribution in [2.45, 2.75) is 149 Å². The Bertz CT molecular complexity index is 1340. The molecule has 2 aromatic carbocycles. The molecule has 6 rings (SSSR count). The molecule has 7 atom stereocenters. The molecule has 0 N–H and O–H groups in total. The molecule has 0 aromatic heterocycles. The molecule has 2 aromatic rings. The van der Waals surface area contributed by atoms with Crippen LogP contribution in [0.25, 0.3) is 0 Å². The number of carbonyl (C=O) groups excluding carboxylic acids is 1. The van der Waals surface area contributed by atoms with Crippen molar-refractivity contribution in [2.24, 2.45) is 28.6 Å². The zero-order valence-electron chi connectivity index (χ0n) is 30.4. The Hall–Kier alpha value is -2.17. The van der Waals surface area contributed by atoms with Crippen molar-refractivity contribution in [3.63, 3.8) is 0 Å². The Kier molecular flexibility index (Phi) is 10.3. The molecule has 0 unspecified atom stereocenters. The molecule has 4 aliphatic rings. The van der Waals surface area contributed by atoms with Crippen LogP contribution in [0.2, 0.25) is 5.04 Å². The van der Waals surface area contributed by atoms with E-state index in [1.54, 1.807) is 5.57 Å². The molecule has 256 valence electrons. The van der Waals surface area contributed by atoms with E-state index >= 15 is 0 Å². The van der Waals surface area contributed by atoms with Crippen LogP contribution in [0.3, 0.4) is 0 Å². The summed E-state index contributed by atoms with van der Waals surface area (Å²) in [5, 5.41) is 2.75. The van der Waals surface area contributed by atoms with Gasteiger partial charge in [-0.05, 0) is 96.4 Å². The number of hydrogen-bond acceptors (Lipinski definition) is 3. The van der Waals surface area contributed by atoms with Crippen molar-refractivity contribution in [2.75, 3.05) is 0 Å². The van der Waals surface area contributed by atoms with Gasteiger partial charge in [0.05, 0.1) is 0 Å². The minimum Gasteiger partial charge on any atom is -0.462 e. The number of esters is 1. The van der Waals surface area contributed by atoms with E-state index in [0.29, 0.717) is 18.3 Å². The Balaban J connectivity index is 1.18. The lowest BCUT2D eigenvalue weighted by atomic mass is 9.48. The molecule has 47 heavy (non-hydrogen) atoms. The minimum atomic E-state index is -2.58. The SMILES string of the molecule is CCCCCCCC(=O)O[C@H]1CC[C@H]2[C@@H]3CC=C4C[C@@H](O[Si](c5ccccc5)(c5ccccc5)C(C)(C)C)CC[C@]4(C)[C@H]3CC[C@]12C. The predicted octanol–water partition coefficient (Wildman–Crippen LogP) is 10.2. The van der Waals surface area contributed by atoms with Crippen molar-refractivity contribution in [1.82, 2.24) is 0 Å². The van der Waals surface area contributed by atoms with Gasteiger partial charge in [0, 0.05) is 17.9 Å². The van der Waals surface area contributed by atoms with Crippen LogP contribution in [0, 0.1) is 28.6 Å². The lowest BCUT2D eigenvalue weighted by Crippen LogP contribution is -2.68. The third kappa shape index (κ3) is 6.47. The van der Waals surface area contributed by atoms with E-state index in [1.807, 2.05) is 0 Å². The molecule has 4 aliphatic carbocycles. The normalized spacial score (nSPS) is 32.1. The fourth-order valence-corrected chi connectivity index (χ4v) is 15.6. The van der Waals surface area contributed by atoms with Gasteiger partial charge in [0.2, 0.25) is 0 Å². The van der Waals surface area contributed by atoms with Gasteiger partial charge >= 0.3 is 5.97 Å². The number of benzene rings is 2. The summed E-state index contributed by atoms with van der Waals surface area (Å²) in [7, 11) is -2.58. The third-order valence-electron chi connectivity index (χ3n) is 13.5. The average Bonchev–Trinajstić information content (AvgIpc) is 3.39. The lowest BCUT2D eigenvalue weighted by Gasteiger charge is -2.58. The molecule has 0 heterocycles. The number of unbranched alkanes of at least 4 members (excludes halogenated alkanes) is 4. The molecular weight excluding hydrogens is 593 g/mol. The number of fused-ring (bicyclic) bond motifs is 5. The largest absolute Gasteiger partial charge is 0.462 e. The van der Waals surface area contributed by atoms with Crippen molar-refractivity contribution in [1.29, 1.82) is 0 Å². The van der Waals surface area contributed by atoms with E-state index in [0.717, 1.165) is 38.0 Å². The van der Waals surface area contributed by atoms with Crippen LogP contribution in [-0.4, -0.2) is 26.5 Å². The zero-order valence-corrected chi connectivity index (χ0v) is 31.4. The van der Waals surface area contributed by atoms with Gasteiger partial charge in [0.1, 0.15) is 6.10 Å². The quantitative estimate of drug-likeness (QED) is 0.105. The van der Waals surface area contributed by atoms with Gasteiger partial charge in [-0.15, -0.1) is 0 Å². The summed E-state index contributed by atoms with van der Waals surface area (Å²) in [5.74, 6) is 2.13. The maximum absolute atomic E-state index is 12.9. The highest BCUT2D eigenvalue weighted by Gasteiger charge is 2.60. The fourth-order valence-electron chi connectivity index (χ4n) is 10.9. The first-order chi connectivity index (χ1) is 22.5. The monoisotopic (exact) mass is 654 g/mol. The molecule has 0 radical (unpaired) electrons. The van der Waals surface area contributed by atoms with Crippen LogP contribution in [0.4, 0.5) is 0 Å². The predicted molar refractivity (Wildman–Crippen MR) is 197 cm³/mol. The van der Waals surface area contributed by atoms with Gasteiger partial charge in [-0.25, -0.2) is 0 Å². The highest BCUT2D eigenvalue weighted by atomic mass is 28.4. The summed E-state index contributed by atoms with van der Waals surface area (Å²) >= 11 is 0. The second-order valence-corrected chi connectivity index (χ2v) is 21.4. The van der Waals surface area contributed by atoms with Gasteiger partial charge in [0.15, 0.2) is 0 Å².